The maximum atomic E-state index is 10.7. The van der Waals surface area contributed by atoms with Crippen molar-refractivity contribution >= 4 is 17.7 Å². The molecule has 0 aromatic heterocycles. The average molecular weight is 247 g/mol. The molecule has 1 aliphatic carbocycles. The Labute approximate surface area is 101 Å². The number of aliphatic hydroxyl groups is 1. The highest BCUT2D eigenvalue weighted by molar-refractivity contribution is 7.99. The first-order valence-electron chi connectivity index (χ1n) is 5.67. The van der Waals surface area contributed by atoms with Gasteiger partial charge < -0.3 is 15.5 Å². The van der Waals surface area contributed by atoms with Gasteiger partial charge in [0.15, 0.2) is 5.60 Å². The maximum Gasteiger partial charge on any atom is 0.336 e. The van der Waals surface area contributed by atoms with Crippen LogP contribution in [0, 0.1) is 0 Å². The van der Waals surface area contributed by atoms with Gasteiger partial charge in [0.25, 0.3) is 0 Å². The van der Waals surface area contributed by atoms with E-state index in [0.29, 0.717) is 6.04 Å². The zero-order valence-corrected chi connectivity index (χ0v) is 10.7. The molecule has 0 spiro atoms. The topological polar surface area (TPSA) is 69.6 Å². The number of carboxylic acids is 1. The molecule has 0 saturated heterocycles. The first-order valence-corrected chi connectivity index (χ1v) is 6.96. The lowest BCUT2D eigenvalue weighted by atomic mass is 9.94. The minimum absolute atomic E-state index is 0.122. The predicted octanol–water partition coefficient (Wildman–Crippen LogP) is 1.09. The SMILES string of the molecule is CSC1CCC(NCC(C)(O)C(=O)O)CC1. The molecule has 0 aliphatic heterocycles. The Morgan fingerprint density at radius 2 is 2.00 bits per heavy atom. The molecule has 0 aromatic carbocycles. The van der Waals surface area contributed by atoms with Crippen LogP contribution < -0.4 is 5.32 Å². The lowest BCUT2D eigenvalue weighted by Crippen LogP contribution is -2.48. The second-order valence-electron chi connectivity index (χ2n) is 4.67. The van der Waals surface area contributed by atoms with E-state index in [9.17, 15) is 9.90 Å². The van der Waals surface area contributed by atoms with E-state index in [2.05, 4.69) is 11.6 Å². The van der Waals surface area contributed by atoms with E-state index < -0.39 is 11.6 Å². The van der Waals surface area contributed by atoms with Crippen molar-refractivity contribution in [1.82, 2.24) is 5.32 Å². The van der Waals surface area contributed by atoms with Crippen LogP contribution in [-0.4, -0.2) is 45.9 Å². The second-order valence-corrected chi connectivity index (χ2v) is 5.81. The lowest BCUT2D eigenvalue weighted by molar-refractivity contribution is -0.156. The maximum absolute atomic E-state index is 10.7. The van der Waals surface area contributed by atoms with Crippen molar-refractivity contribution < 1.29 is 15.0 Å². The van der Waals surface area contributed by atoms with Gasteiger partial charge in [-0.05, 0) is 38.9 Å². The number of rotatable bonds is 5. The van der Waals surface area contributed by atoms with Crippen LogP contribution in [0.4, 0.5) is 0 Å². The highest BCUT2D eigenvalue weighted by Crippen LogP contribution is 2.26. The van der Waals surface area contributed by atoms with Crippen molar-refractivity contribution in [3.05, 3.63) is 0 Å². The predicted molar refractivity (Wildman–Crippen MR) is 65.8 cm³/mol. The van der Waals surface area contributed by atoms with Crippen molar-refractivity contribution in [2.45, 2.75) is 49.5 Å². The molecule has 16 heavy (non-hydrogen) atoms. The first-order chi connectivity index (χ1) is 7.45. The summed E-state index contributed by atoms with van der Waals surface area (Å²) >= 11 is 1.91. The quantitative estimate of drug-likeness (QED) is 0.678. The molecular weight excluding hydrogens is 226 g/mol. The van der Waals surface area contributed by atoms with Gasteiger partial charge in [-0.3, -0.25) is 0 Å². The van der Waals surface area contributed by atoms with Crippen LogP contribution in [0.25, 0.3) is 0 Å². The van der Waals surface area contributed by atoms with Gasteiger partial charge >= 0.3 is 5.97 Å². The molecule has 0 heterocycles. The third-order valence-electron chi connectivity index (χ3n) is 3.20. The molecule has 1 unspecified atom stereocenters. The molecular formula is C11H21NO3S. The largest absolute Gasteiger partial charge is 0.479 e. The van der Waals surface area contributed by atoms with Gasteiger partial charge in [-0.25, -0.2) is 4.79 Å². The summed E-state index contributed by atoms with van der Waals surface area (Å²) in [5.74, 6) is -1.17. The Balaban J connectivity index is 2.27. The minimum Gasteiger partial charge on any atom is -0.479 e. The summed E-state index contributed by atoms with van der Waals surface area (Å²) in [4.78, 5) is 10.7. The van der Waals surface area contributed by atoms with Crippen LogP contribution in [0.1, 0.15) is 32.6 Å². The summed E-state index contributed by atoms with van der Waals surface area (Å²) in [6, 6.07) is 0.356. The van der Waals surface area contributed by atoms with E-state index in [1.807, 2.05) is 11.8 Å². The Bertz CT molecular complexity index is 237. The number of thioether (sulfide) groups is 1. The summed E-state index contributed by atoms with van der Waals surface area (Å²) in [5.41, 5.74) is -1.66. The fourth-order valence-corrected chi connectivity index (χ4v) is 2.66. The van der Waals surface area contributed by atoms with Crippen LogP contribution >= 0.6 is 11.8 Å². The fourth-order valence-electron chi connectivity index (χ4n) is 1.92. The van der Waals surface area contributed by atoms with Crippen molar-refractivity contribution in [2.75, 3.05) is 12.8 Å². The molecule has 4 nitrogen and oxygen atoms in total. The molecule has 1 fully saturated rings. The molecule has 0 radical (unpaired) electrons. The number of nitrogens with one attached hydrogen (secondary N) is 1. The third-order valence-corrected chi connectivity index (χ3v) is 4.34. The molecule has 0 bridgehead atoms. The van der Waals surface area contributed by atoms with Crippen molar-refractivity contribution in [3.8, 4) is 0 Å². The van der Waals surface area contributed by atoms with Gasteiger partial charge in [0.2, 0.25) is 0 Å². The molecule has 0 amide bonds. The minimum atomic E-state index is -1.66. The Morgan fingerprint density at radius 3 is 2.44 bits per heavy atom. The smallest absolute Gasteiger partial charge is 0.336 e. The van der Waals surface area contributed by atoms with Crippen LogP contribution in [-0.2, 0) is 4.79 Å². The van der Waals surface area contributed by atoms with Crippen molar-refractivity contribution in [2.24, 2.45) is 0 Å². The Morgan fingerprint density at radius 1 is 1.44 bits per heavy atom. The molecule has 0 aromatic rings. The molecule has 5 heteroatoms. The Hall–Kier alpha value is -0.260. The molecule has 1 aliphatic rings. The molecule has 1 atom stereocenters. The van der Waals surface area contributed by atoms with E-state index >= 15 is 0 Å². The second kappa shape index (κ2) is 5.89. The van der Waals surface area contributed by atoms with Crippen LogP contribution in [0.3, 0.4) is 0 Å². The molecule has 1 rings (SSSR count). The highest BCUT2D eigenvalue weighted by atomic mass is 32.2. The zero-order valence-electron chi connectivity index (χ0n) is 9.90. The van der Waals surface area contributed by atoms with Crippen molar-refractivity contribution in [3.63, 3.8) is 0 Å². The van der Waals surface area contributed by atoms with Gasteiger partial charge in [0, 0.05) is 17.8 Å². The zero-order chi connectivity index (χ0) is 12.2. The highest BCUT2D eigenvalue weighted by Gasteiger charge is 2.31. The van der Waals surface area contributed by atoms with E-state index in [1.54, 1.807) is 0 Å². The summed E-state index contributed by atoms with van der Waals surface area (Å²) in [5, 5.41) is 22.2. The monoisotopic (exact) mass is 247 g/mol. The van der Waals surface area contributed by atoms with Gasteiger partial charge in [0.05, 0.1) is 0 Å². The summed E-state index contributed by atoms with van der Waals surface area (Å²) in [6.07, 6.45) is 6.62. The summed E-state index contributed by atoms with van der Waals surface area (Å²) in [7, 11) is 0. The molecule has 94 valence electrons. The van der Waals surface area contributed by atoms with E-state index in [0.717, 1.165) is 18.1 Å². The number of hydrogen-bond donors (Lipinski definition) is 3. The number of carboxylic acid groups (broad SMARTS) is 1. The van der Waals surface area contributed by atoms with Gasteiger partial charge in [0.1, 0.15) is 0 Å². The van der Waals surface area contributed by atoms with Gasteiger partial charge in [-0.15, -0.1) is 0 Å². The number of aliphatic carboxylic acids is 1. The molecule has 3 N–H and O–H groups in total. The van der Waals surface area contributed by atoms with Crippen molar-refractivity contribution in [1.29, 1.82) is 0 Å². The van der Waals surface area contributed by atoms with Crippen LogP contribution in [0.5, 0.6) is 0 Å². The van der Waals surface area contributed by atoms with Gasteiger partial charge in [-0.1, -0.05) is 0 Å². The standard InChI is InChI=1S/C11H21NO3S/c1-11(15,10(13)14)7-12-8-3-5-9(16-2)6-4-8/h8-9,12,15H,3-7H2,1-2H3,(H,13,14). The van der Waals surface area contributed by atoms with E-state index in [4.69, 9.17) is 5.11 Å². The van der Waals surface area contributed by atoms with Gasteiger partial charge in [-0.2, -0.15) is 11.8 Å². The van der Waals surface area contributed by atoms with Crippen LogP contribution in [0.15, 0.2) is 0 Å². The first kappa shape index (κ1) is 13.8. The fraction of sp³-hybridized carbons (Fsp3) is 0.909. The van der Waals surface area contributed by atoms with E-state index in [-0.39, 0.29) is 6.54 Å². The normalized spacial score (nSPS) is 29.7. The lowest BCUT2D eigenvalue weighted by Gasteiger charge is -2.30. The number of hydrogen-bond acceptors (Lipinski definition) is 4. The number of carbonyl (C=O) groups is 1. The summed E-state index contributed by atoms with van der Waals surface area (Å²) in [6.45, 7) is 1.45. The van der Waals surface area contributed by atoms with E-state index in [1.165, 1.54) is 19.8 Å². The van der Waals surface area contributed by atoms with Crippen LogP contribution in [0.2, 0.25) is 0 Å². The molecule has 1 saturated carbocycles. The third kappa shape index (κ3) is 3.96. The Kier molecular flexibility index (Phi) is 5.08. The average Bonchev–Trinajstić information content (AvgIpc) is 2.27. The summed E-state index contributed by atoms with van der Waals surface area (Å²) < 4.78 is 0.